The zero-order chi connectivity index (χ0) is 22.3. The minimum absolute atomic E-state index is 0.0183. The maximum atomic E-state index is 12.9. The summed E-state index contributed by atoms with van der Waals surface area (Å²) >= 11 is 0. The zero-order valence-corrected chi connectivity index (χ0v) is 16.2. The predicted octanol–water partition coefficient (Wildman–Crippen LogP) is -0.0170. The molecule has 0 bridgehead atoms. The first-order valence-electron chi connectivity index (χ1n) is 9.61. The highest BCUT2D eigenvalue weighted by Gasteiger charge is 2.45. The Morgan fingerprint density at radius 3 is 2.35 bits per heavy atom. The quantitative estimate of drug-likeness (QED) is 0.385. The molecule has 0 aliphatic carbocycles. The van der Waals surface area contributed by atoms with E-state index in [1.54, 1.807) is 12.1 Å². The molecule has 6 N–H and O–H groups in total. The highest BCUT2D eigenvalue weighted by Crippen LogP contribution is 2.43. The summed E-state index contributed by atoms with van der Waals surface area (Å²) in [6.07, 6.45) is -8.31. The van der Waals surface area contributed by atoms with Crippen molar-refractivity contribution in [3.8, 4) is 23.0 Å². The maximum absolute atomic E-state index is 12.9. The number of ketones is 1. The Labute approximate surface area is 176 Å². The minimum Gasteiger partial charge on any atom is -0.508 e. The Kier molecular flexibility index (Phi) is 5.73. The first kappa shape index (κ1) is 21.3. The van der Waals surface area contributed by atoms with Gasteiger partial charge in [0.25, 0.3) is 0 Å². The van der Waals surface area contributed by atoms with Crippen LogP contribution in [0.15, 0.2) is 36.4 Å². The number of carbonyl (C=O) groups excluding carboxylic acids is 1. The molecule has 0 radical (unpaired) electrons. The number of rotatable bonds is 4. The van der Waals surface area contributed by atoms with Gasteiger partial charge in [-0.2, -0.15) is 0 Å². The van der Waals surface area contributed by atoms with Gasteiger partial charge >= 0.3 is 0 Å². The lowest BCUT2D eigenvalue weighted by Gasteiger charge is -2.40. The molecule has 0 aromatic heterocycles. The number of aliphatic hydroxyl groups is 4. The van der Waals surface area contributed by atoms with E-state index in [0.717, 1.165) is 6.07 Å². The van der Waals surface area contributed by atoms with Crippen molar-refractivity contribution < 1.29 is 49.6 Å². The average molecular weight is 434 g/mol. The monoisotopic (exact) mass is 434 g/mol. The van der Waals surface area contributed by atoms with Crippen molar-refractivity contribution in [3.63, 3.8) is 0 Å². The number of aliphatic hydroxyl groups excluding tert-OH is 4. The summed E-state index contributed by atoms with van der Waals surface area (Å²) in [7, 11) is 0. The van der Waals surface area contributed by atoms with Gasteiger partial charge in [-0.15, -0.1) is 0 Å². The second-order valence-corrected chi connectivity index (χ2v) is 7.46. The van der Waals surface area contributed by atoms with Gasteiger partial charge in [-0.05, 0) is 17.7 Å². The Hall–Kier alpha value is -2.89. The fourth-order valence-corrected chi connectivity index (χ4v) is 3.67. The van der Waals surface area contributed by atoms with E-state index in [2.05, 4.69) is 0 Å². The molecular formula is C21H22O10. The van der Waals surface area contributed by atoms with Gasteiger partial charge in [0.1, 0.15) is 59.1 Å². The van der Waals surface area contributed by atoms with Crippen molar-refractivity contribution in [2.75, 3.05) is 6.61 Å². The van der Waals surface area contributed by atoms with E-state index in [1.165, 1.54) is 18.2 Å². The molecule has 1 saturated heterocycles. The zero-order valence-electron chi connectivity index (χ0n) is 16.2. The summed E-state index contributed by atoms with van der Waals surface area (Å²) in [6.45, 7) is -0.640. The molecule has 31 heavy (non-hydrogen) atoms. The van der Waals surface area contributed by atoms with Crippen molar-refractivity contribution in [2.45, 2.75) is 43.2 Å². The molecular weight excluding hydrogens is 412 g/mol. The second-order valence-electron chi connectivity index (χ2n) is 7.46. The first-order chi connectivity index (χ1) is 14.8. The number of benzene rings is 2. The number of hydrogen-bond acceptors (Lipinski definition) is 10. The average Bonchev–Trinajstić information content (AvgIpc) is 2.74. The van der Waals surface area contributed by atoms with Crippen molar-refractivity contribution >= 4 is 5.78 Å². The van der Waals surface area contributed by atoms with E-state index in [0.29, 0.717) is 5.56 Å². The minimum atomic E-state index is -1.68. The summed E-state index contributed by atoms with van der Waals surface area (Å²) < 4.78 is 16.8. The van der Waals surface area contributed by atoms with E-state index in [-0.39, 0.29) is 40.8 Å². The SMILES string of the molecule is O=C1C[C@H](c2ccc(O)cc2)Oc2cc(O)cc(O[C@H]3O[C@H](CO)[C@@H](O)[C@H](O)[C@H]3O)c21. The van der Waals surface area contributed by atoms with Crippen LogP contribution in [-0.4, -0.2) is 73.7 Å². The van der Waals surface area contributed by atoms with Crippen LogP contribution in [0.1, 0.15) is 28.4 Å². The molecule has 2 aromatic rings. The molecule has 0 unspecified atom stereocenters. The molecule has 166 valence electrons. The Morgan fingerprint density at radius 1 is 0.968 bits per heavy atom. The Balaban J connectivity index is 1.63. The molecule has 1 fully saturated rings. The van der Waals surface area contributed by atoms with Crippen LogP contribution in [0.25, 0.3) is 0 Å². The number of ether oxygens (including phenoxy) is 3. The molecule has 4 rings (SSSR count). The fraction of sp³-hybridized carbons (Fsp3) is 0.381. The van der Waals surface area contributed by atoms with Crippen LogP contribution in [0.5, 0.6) is 23.0 Å². The van der Waals surface area contributed by atoms with Crippen LogP contribution in [0.3, 0.4) is 0 Å². The third-order valence-electron chi connectivity index (χ3n) is 5.33. The van der Waals surface area contributed by atoms with Gasteiger partial charge in [-0.3, -0.25) is 4.79 Å². The van der Waals surface area contributed by atoms with Gasteiger partial charge in [-0.25, -0.2) is 0 Å². The lowest BCUT2D eigenvalue weighted by Crippen LogP contribution is -2.60. The molecule has 10 heteroatoms. The molecule has 0 amide bonds. The smallest absolute Gasteiger partial charge is 0.229 e. The molecule has 2 heterocycles. The summed E-state index contributed by atoms with van der Waals surface area (Å²) in [6, 6.07) is 8.56. The van der Waals surface area contributed by atoms with E-state index >= 15 is 0 Å². The number of hydrogen-bond donors (Lipinski definition) is 6. The van der Waals surface area contributed by atoms with Crippen molar-refractivity contribution in [1.82, 2.24) is 0 Å². The first-order valence-corrected chi connectivity index (χ1v) is 9.61. The highest BCUT2D eigenvalue weighted by molar-refractivity contribution is 6.02. The summed E-state index contributed by atoms with van der Waals surface area (Å²) in [5, 5.41) is 58.9. The van der Waals surface area contributed by atoms with Crippen LogP contribution in [0.4, 0.5) is 0 Å². The lowest BCUT2D eigenvalue weighted by molar-refractivity contribution is -0.277. The lowest BCUT2D eigenvalue weighted by atomic mass is 9.95. The van der Waals surface area contributed by atoms with Gasteiger partial charge in [0.05, 0.1) is 13.0 Å². The maximum Gasteiger partial charge on any atom is 0.229 e. The Bertz CT molecular complexity index is 957. The van der Waals surface area contributed by atoms with Crippen LogP contribution < -0.4 is 9.47 Å². The van der Waals surface area contributed by atoms with Crippen molar-refractivity contribution in [3.05, 3.63) is 47.5 Å². The number of carbonyl (C=O) groups is 1. The van der Waals surface area contributed by atoms with Gasteiger partial charge in [0.2, 0.25) is 6.29 Å². The number of phenolic OH excluding ortho intramolecular Hbond substituents is 2. The summed E-state index contributed by atoms with van der Waals surface area (Å²) in [5.74, 6) is -0.669. The van der Waals surface area contributed by atoms with E-state index in [4.69, 9.17) is 14.2 Å². The molecule has 2 aliphatic heterocycles. The fourth-order valence-electron chi connectivity index (χ4n) is 3.67. The van der Waals surface area contributed by atoms with Crippen molar-refractivity contribution in [2.24, 2.45) is 0 Å². The largest absolute Gasteiger partial charge is 0.508 e. The van der Waals surface area contributed by atoms with E-state index in [9.17, 15) is 35.4 Å². The van der Waals surface area contributed by atoms with Crippen LogP contribution >= 0.6 is 0 Å². The van der Waals surface area contributed by atoms with Gasteiger partial charge in [0, 0.05) is 12.1 Å². The number of phenols is 2. The predicted molar refractivity (Wildman–Crippen MR) is 103 cm³/mol. The van der Waals surface area contributed by atoms with Crippen LogP contribution in [-0.2, 0) is 4.74 Å². The third kappa shape index (κ3) is 4.03. The van der Waals surface area contributed by atoms with Crippen LogP contribution in [0.2, 0.25) is 0 Å². The summed E-state index contributed by atoms with van der Waals surface area (Å²) in [5.41, 5.74) is 0.668. The number of aromatic hydroxyl groups is 2. The molecule has 0 saturated carbocycles. The van der Waals surface area contributed by atoms with Gasteiger partial charge in [0.15, 0.2) is 5.78 Å². The molecule has 10 nitrogen and oxygen atoms in total. The Morgan fingerprint density at radius 2 is 1.68 bits per heavy atom. The standard InChI is InChI=1S/C21H22O10/c22-8-16-18(26)19(27)20(28)21(31-16)30-15-6-11(24)5-14-17(15)12(25)7-13(29-14)9-1-3-10(23)4-2-9/h1-6,13,16,18-24,26-28H,7-8H2/t13-,16-,18-,19+,20-,21+/m1/s1. The molecule has 6 atom stereocenters. The number of fused-ring (bicyclic) bond motifs is 1. The highest BCUT2D eigenvalue weighted by atomic mass is 16.7. The second kappa shape index (κ2) is 8.33. The molecule has 0 spiro atoms. The van der Waals surface area contributed by atoms with Crippen LogP contribution in [0, 0.1) is 0 Å². The topological polar surface area (TPSA) is 166 Å². The van der Waals surface area contributed by atoms with Gasteiger partial charge < -0.3 is 44.8 Å². The van der Waals surface area contributed by atoms with Gasteiger partial charge in [-0.1, -0.05) is 12.1 Å². The van der Waals surface area contributed by atoms with Crippen molar-refractivity contribution in [1.29, 1.82) is 0 Å². The molecule has 2 aromatic carbocycles. The third-order valence-corrected chi connectivity index (χ3v) is 5.33. The van der Waals surface area contributed by atoms with E-state index < -0.39 is 43.4 Å². The number of Topliss-reactive ketones (excluding diaryl/α,β-unsaturated/α-hetero) is 1. The molecule has 2 aliphatic rings. The van der Waals surface area contributed by atoms with E-state index in [1.807, 2.05) is 0 Å². The normalized spacial score (nSPS) is 30.4. The summed E-state index contributed by atoms with van der Waals surface area (Å²) in [4.78, 5) is 12.9.